The highest BCUT2D eigenvalue weighted by Gasteiger charge is 2.21. The van der Waals surface area contributed by atoms with E-state index >= 15 is 0 Å². The van der Waals surface area contributed by atoms with Gasteiger partial charge in [-0.2, -0.15) is 0 Å². The molecule has 2 fully saturated rings. The van der Waals surface area contributed by atoms with E-state index in [4.69, 9.17) is 10.5 Å². The van der Waals surface area contributed by atoms with Crippen LogP contribution >= 0.6 is 0 Å². The zero-order valence-electron chi connectivity index (χ0n) is 20.2. The number of ether oxygens (including phenoxy) is 1. The van der Waals surface area contributed by atoms with E-state index in [-0.39, 0.29) is 29.6 Å². The summed E-state index contributed by atoms with van der Waals surface area (Å²) in [6.07, 6.45) is 8.39. The Morgan fingerprint density at radius 2 is 1.69 bits per heavy atom. The van der Waals surface area contributed by atoms with Gasteiger partial charge in [-0.05, 0) is 37.5 Å². The molecular weight excluding hydrogens is 456 g/mol. The summed E-state index contributed by atoms with van der Waals surface area (Å²) in [4.78, 5) is 43.2. The second-order valence-corrected chi connectivity index (χ2v) is 9.12. The molecule has 9 nitrogen and oxygen atoms in total. The SMILES string of the molecule is Nc1ncc(-c2ccc(C(=O)N3CCCCC3)cc2)nc1C(=O)Cc1cnccc1N1CCOCC1. The van der Waals surface area contributed by atoms with Crippen molar-refractivity contribution in [2.45, 2.75) is 25.7 Å². The van der Waals surface area contributed by atoms with Crippen LogP contribution in [0.3, 0.4) is 0 Å². The number of carbonyl (C=O) groups excluding carboxylic acids is 2. The molecule has 1 amide bonds. The fraction of sp³-hybridized carbons (Fsp3) is 0.370. The molecule has 1 aromatic carbocycles. The zero-order valence-corrected chi connectivity index (χ0v) is 20.2. The molecule has 0 aliphatic carbocycles. The van der Waals surface area contributed by atoms with E-state index in [0.717, 1.165) is 55.8 Å². The minimum absolute atomic E-state index is 0.0491. The van der Waals surface area contributed by atoms with Crippen LogP contribution in [0.15, 0.2) is 48.9 Å². The highest BCUT2D eigenvalue weighted by molar-refractivity contribution is 6.00. The van der Waals surface area contributed by atoms with Crippen molar-refractivity contribution in [1.82, 2.24) is 19.9 Å². The van der Waals surface area contributed by atoms with E-state index < -0.39 is 0 Å². The Kier molecular flexibility index (Phi) is 7.18. The highest BCUT2D eigenvalue weighted by atomic mass is 16.5. The van der Waals surface area contributed by atoms with Gasteiger partial charge in [0.15, 0.2) is 11.6 Å². The van der Waals surface area contributed by atoms with Gasteiger partial charge in [0.2, 0.25) is 0 Å². The van der Waals surface area contributed by atoms with Crippen LogP contribution in [0.4, 0.5) is 11.5 Å². The number of aromatic nitrogens is 3. The third kappa shape index (κ3) is 5.21. The number of likely N-dealkylation sites (tertiary alicyclic amines) is 1. The molecule has 5 rings (SSSR count). The first kappa shape index (κ1) is 23.9. The van der Waals surface area contributed by atoms with Crippen LogP contribution in [0, 0.1) is 0 Å². The van der Waals surface area contributed by atoms with Crippen LogP contribution in [0.25, 0.3) is 11.3 Å². The molecule has 2 aliphatic rings. The molecule has 36 heavy (non-hydrogen) atoms. The fourth-order valence-corrected chi connectivity index (χ4v) is 4.73. The molecular formula is C27H30N6O3. The molecule has 4 heterocycles. The van der Waals surface area contributed by atoms with E-state index in [9.17, 15) is 9.59 Å². The van der Waals surface area contributed by atoms with Gasteiger partial charge < -0.3 is 20.3 Å². The molecule has 0 saturated carbocycles. The second-order valence-electron chi connectivity index (χ2n) is 9.12. The second kappa shape index (κ2) is 10.8. The van der Waals surface area contributed by atoms with Crippen LogP contribution in [0.2, 0.25) is 0 Å². The van der Waals surface area contributed by atoms with Gasteiger partial charge in [0.25, 0.3) is 5.91 Å². The topological polar surface area (TPSA) is 115 Å². The summed E-state index contributed by atoms with van der Waals surface area (Å²) in [5.74, 6) is -0.0771. The number of Topliss-reactive ketones (excluding diaryl/α,β-unsaturated/α-hetero) is 1. The number of anilines is 2. The van der Waals surface area contributed by atoms with Crippen LogP contribution in [-0.2, 0) is 11.2 Å². The van der Waals surface area contributed by atoms with Gasteiger partial charge in [-0.3, -0.25) is 14.6 Å². The van der Waals surface area contributed by atoms with Crippen molar-refractivity contribution in [1.29, 1.82) is 0 Å². The van der Waals surface area contributed by atoms with Crippen molar-refractivity contribution in [3.05, 3.63) is 65.7 Å². The van der Waals surface area contributed by atoms with Gasteiger partial charge >= 0.3 is 0 Å². The van der Waals surface area contributed by atoms with E-state index in [2.05, 4.69) is 19.9 Å². The van der Waals surface area contributed by atoms with Crippen LogP contribution in [-0.4, -0.2) is 70.9 Å². The Balaban J connectivity index is 1.34. The van der Waals surface area contributed by atoms with Gasteiger partial charge in [0, 0.05) is 67.4 Å². The minimum Gasteiger partial charge on any atom is -0.382 e. The number of hydrogen-bond donors (Lipinski definition) is 1. The number of hydrogen-bond acceptors (Lipinski definition) is 8. The average Bonchev–Trinajstić information content (AvgIpc) is 2.94. The summed E-state index contributed by atoms with van der Waals surface area (Å²) < 4.78 is 5.45. The number of rotatable bonds is 6. The third-order valence-electron chi connectivity index (χ3n) is 6.72. The molecule has 0 bridgehead atoms. The lowest BCUT2D eigenvalue weighted by atomic mass is 10.0. The first-order valence-electron chi connectivity index (χ1n) is 12.4. The van der Waals surface area contributed by atoms with Gasteiger partial charge in [-0.15, -0.1) is 0 Å². The number of benzene rings is 1. The summed E-state index contributed by atoms with van der Waals surface area (Å²) in [5.41, 5.74) is 9.93. The molecule has 0 unspecified atom stereocenters. The number of nitrogens with two attached hydrogens (primary N) is 1. The van der Waals surface area contributed by atoms with Gasteiger partial charge in [-0.25, -0.2) is 9.97 Å². The monoisotopic (exact) mass is 486 g/mol. The Hall–Kier alpha value is -3.85. The first-order chi connectivity index (χ1) is 17.6. The predicted octanol–water partition coefficient (Wildman–Crippen LogP) is 3.01. The molecule has 0 atom stereocenters. The van der Waals surface area contributed by atoms with Crippen molar-refractivity contribution in [3.63, 3.8) is 0 Å². The van der Waals surface area contributed by atoms with E-state index in [0.29, 0.717) is 24.5 Å². The van der Waals surface area contributed by atoms with Crippen LogP contribution < -0.4 is 10.6 Å². The van der Waals surface area contributed by atoms with E-state index in [1.807, 2.05) is 23.1 Å². The largest absolute Gasteiger partial charge is 0.382 e. The van der Waals surface area contributed by atoms with E-state index in [1.165, 1.54) is 6.42 Å². The number of carbonyl (C=O) groups is 2. The number of piperidine rings is 1. The van der Waals surface area contributed by atoms with Crippen molar-refractivity contribution < 1.29 is 14.3 Å². The molecule has 0 spiro atoms. The summed E-state index contributed by atoms with van der Waals surface area (Å²) in [7, 11) is 0. The van der Waals surface area contributed by atoms with E-state index in [1.54, 1.807) is 30.7 Å². The molecule has 2 saturated heterocycles. The summed E-state index contributed by atoms with van der Waals surface area (Å²) in [6, 6.07) is 9.20. The first-order valence-corrected chi connectivity index (χ1v) is 12.4. The molecule has 2 aliphatic heterocycles. The molecule has 3 aromatic rings. The maximum absolute atomic E-state index is 13.3. The van der Waals surface area contributed by atoms with Crippen molar-refractivity contribution >= 4 is 23.2 Å². The number of nitrogen functional groups attached to an aromatic ring is 1. The molecule has 2 N–H and O–H groups in total. The summed E-state index contributed by atoms with van der Waals surface area (Å²) in [6.45, 7) is 4.44. The summed E-state index contributed by atoms with van der Waals surface area (Å²) in [5, 5.41) is 0. The Labute approximate surface area is 210 Å². The molecule has 2 aromatic heterocycles. The maximum atomic E-state index is 13.3. The maximum Gasteiger partial charge on any atom is 0.253 e. The van der Waals surface area contributed by atoms with Gasteiger partial charge in [0.05, 0.1) is 25.1 Å². The minimum atomic E-state index is -0.221. The number of morpholine rings is 1. The molecule has 186 valence electrons. The highest BCUT2D eigenvalue weighted by Crippen LogP contribution is 2.25. The molecule has 0 radical (unpaired) electrons. The predicted molar refractivity (Wildman–Crippen MR) is 137 cm³/mol. The number of ketones is 1. The standard InChI is InChI=1S/C27H30N6O3/c28-26-25(24(34)16-21-17-29-9-8-23(21)32-12-14-36-15-13-32)31-22(18-30-26)19-4-6-20(7-5-19)27(35)33-10-2-1-3-11-33/h4-9,17-18H,1-3,10-16H2,(H2,28,30). The lowest BCUT2D eigenvalue weighted by Crippen LogP contribution is -2.37. The van der Waals surface area contributed by atoms with Crippen molar-refractivity contribution in [2.24, 2.45) is 0 Å². The van der Waals surface area contributed by atoms with Gasteiger partial charge in [0.1, 0.15) is 5.69 Å². The van der Waals surface area contributed by atoms with Crippen molar-refractivity contribution in [2.75, 3.05) is 50.0 Å². The number of nitrogens with zero attached hydrogens (tertiary/aromatic N) is 5. The molecule has 9 heteroatoms. The number of pyridine rings is 1. The Morgan fingerprint density at radius 3 is 2.44 bits per heavy atom. The zero-order chi connectivity index (χ0) is 24.9. The normalized spacial score (nSPS) is 16.1. The van der Waals surface area contributed by atoms with Gasteiger partial charge in [-0.1, -0.05) is 12.1 Å². The third-order valence-corrected chi connectivity index (χ3v) is 6.72. The lowest BCUT2D eigenvalue weighted by molar-refractivity contribution is 0.0724. The fourth-order valence-electron chi connectivity index (χ4n) is 4.73. The Bertz CT molecular complexity index is 1230. The van der Waals surface area contributed by atoms with Crippen LogP contribution in [0.1, 0.15) is 45.7 Å². The Morgan fingerprint density at radius 1 is 0.944 bits per heavy atom. The average molecular weight is 487 g/mol. The smallest absolute Gasteiger partial charge is 0.253 e. The number of amides is 1. The van der Waals surface area contributed by atoms with Crippen molar-refractivity contribution in [3.8, 4) is 11.3 Å². The quantitative estimate of drug-likeness (QED) is 0.529. The van der Waals surface area contributed by atoms with Crippen LogP contribution in [0.5, 0.6) is 0 Å². The lowest BCUT2D eigenvalue weighted by Gasteiger charge is -2.30. The summed E-state index contributed by atoms with van der Waals surface area (Å²) >= 11 is 0.